The zero-order valence-electron chi connectivity index (χ0n) is 16.2. The Kier molecular flexibility index (Phi) is 6.63. The number of benzene rings is 1. The number of likely N-dealkylation sites (tertiary alicyclic amines) is 1. The molecule has 0 saturated carbocycles. The largest absolute Gasteiger partial charge is 0.359 e. The summed E-state index contributed by atoms with van der Waals surface area (Å²) in [5.41, 5.74) is 2.19. The monoisotopic (exact) mass is 367 g/mol. The first-order valence-corrected chi connectivity index (χ1v) is 9.77. The van der Waals surface area contributed by atoms with Crippen LogP contribution in [0.1, 0.15) is 31.7 Å². The van der Waals surface area contributed by atoms with Crippen molar-refractivity contribution in [2.75, 3.05) is 26.7 Å². The molecule has 1 aromatic carbocycles. The van der Waals surface area contributed by atoms with Crippen LogP contribution in [0.4, 0.5) is 0 Å². The van der Waals surface area contributed by atoms with E-state index in [1.165, 1.54) is 5.56 Å². The lowest BCUT2D eigenvalue weighted by molar-refractivity contribution is -0.121. The molecule has 0 aliphatic carbocycles. The molecule has 3 rings (SSSR count). The van der Waals surface area contributed by atoms with Gasteiger partial charge in [0, 0.05) is 44.7 Å². The number of nitrogens with zero attached hydrogens (tertiary/aromatic N) is 3. The molecule has 1 aliphatic heterocycles. The Morgan fingerprint density at radius 1 is 1.26 bits per heavy atom. The summed E-state index contributed by atoms with van der Waals surface area (Å²) in [7, 11) is 1.70. The van der Waals surface area contributed by atoms with E-state index in [9.17, 15) is 4.79 Å². The van der Waals surface area contributed by atoms with Crippen LogP contribution in [-0.4, -0.2) is 48.4 Å². The van der Waals surface area contributed by atoms with Crippen molar-refractivity contribution in [2.24, 2.45) is 10.9 Å². The highest BCUT2D eigenvalue weighted by molar-refractivity contribution is 5.83. The van der Waals surface area contributed by atoms with Gasteiger partial charge in [-0.25, -0.2) is 4.99 Å². The molecule has 1 aliphatic rings. The fourth-order valence-corrected chi connectivity index (χ4v) is 3.59. The third kappa shape index (κ3) is 4.96. The maximum atomic E-state index is 11.6. The highest BCUT2D eigenvalue weighted by atomic mass is 16.1. The second-order valence-corrected chi connectivity index (χ2v) is 6.97. The maximum absolute atomic E-state index is 11.6. The zero-order valence-corrected chi connectivity index (χ0v) is 16.2. The Balaban J connectivity index is 1.67. The molecule has 0 radical (unpaired) electrons. The van der Waals surface area contributed by atoms with E-state index in [-0.39, 0.29) is 5.91 Å². The molecule has 0 bridgehead atoms. The molecule has 1 saturated heterocycles. The number of para-hydroxylation sites is 1. The summed E-state index contributed by atoms with van der Waals surface area (Å²) in [6, 6.07) is 10.2. The summed E-state index contributed by atoms with van der Waals surface area (Å²) < 4.78 is 0. The molecule has 1 amide bonds. The first kappa shape index (κ1) is 19.1. The van der Waals surface area contributed by atoms with E-state index in [1.54, 1.807) is 7.05 Å². The van der Waals surface area contributed by atoms with E-state index in [0.717, 1.165) is 49.3 Å². The fraction of sp³-hybridized carbons (Fsp3) is 0.476. The fourth-order valence-electron chi connectivity index (χ4n) is 3.59. The summed E-state index contributed by atoms with van der Waals surface area (Å²) in [6.07, 6.45) is 4.53. The molecule has 1 aromatic heterocycles. The van der Waals surface area contributed by atoms with Crippen LogP contribution in [0.2, 0.25) is 0 Å². The second kappa shape index (κ2) is 9.35. The average Bonchev–Trinajstić information content (AvgIpc) is 2.71. The first-order valence-electron chi connectivity index (χ1n) is 9.77. The van der Waals surface area contributed by atoms with Crippen LogP contribution >= 0.6 is 0 Å². The van der Waals surface area contributed by atoms with E-state index in [1.807, 2.05) is 30.5 Å². The summed E-state index contributed by atoms with van der Waals surface area (Å²) in [5, 5.41) is 7.30. The van der Waals surface area contributed by atoms with E-state index < -0.39 is 0 Å². The number of pyridine rings is 1. The minimum Gasteiger partial charge on any atom is -0.359 e. The minimum atomic E-state index is 0.138. The van der Waals surface area contributed by atoms with Crippen molar-refractivity contribution in [3.05, 3.63) is 42.1 Å². The number of carbonyl (C=O) groups is 1. The zero-order chi connectivity index (χ0) is 19.1. The first-order chi connectivity index (χ1) is 13.2. The number of piperidine rings is 1. The number of rotatable bonds is 5. The second-order valence-electron chi connectivity index (χ2n) is 6.97. The topological polar surface area (TPSA) is 69.6 Å². The van der Waals surface area contributed by atoms with Gasteiger partial charge in [0.15, 0.2) is 5.96 Å². The van der Waals surface area contributed by atoms with Crippen LogP contribution in [0.25, 0.3) is 10.9 Å². The van der Waals surface area contributed by atoms with E-state index in [2.05, 4.69) is 33.5 Å². The molecule has 27 heavy (non-hydrogen) atoms. The highest BCUT2D eigenvalue weighted by Gasteiger charge is 2.23. The van der Waals surface area contributed by atoms with Crippen LogP contribution in [0.15, 0.2) is 41.5 Å². The van der Waals surface area contributed by atoms with Gasteiger partial charge in [0.2, 0.25) is 5.91 Å². The predicted molar refractivity (Wildman–Crippen MR) is 110 cm³/mol. The summed E-state index contributed by atoms with van der Waals surface area (Å²) in [5.74, 6) is 1.56. The van der Waals surface area contributed by atoms with Crippen molar-refractivity contribution in [1.82, 2.24) is 20.5 Å². The number of fused-ring (bicyclic) bond motifs is 1. The molecule has 2 N–H and O–H groups in total. The van der Waals surface area contributed by atoms with Gasteiger partial charge in [-0.15, -0.1) is 0 Å². The lowest BCUT2D eigenvalue weighted by Crippen LogP contribution is -2.46. The average molecular weight is 367 g/mol. The Morgan fingerprint density at radius 3 is 2.78 bits per heavy atom. The van der Waals surface area contributed by atoms with Crippen LogP contribution in [0, 0.1) is 5.92 Å². The van der Waals surface area contributed by atoms with Crippen molar-refractivity contribution in [1.29, 1.82) is 0 Å². The Bertz CT molecular complexity index is 791. The molecular formula is C21H29N5O. The summed E-state index contributed by atoms with van der Waals surface area (Å²) in [6.45, 7) is 5.43. The third-order valence-electron chi connectivity index (χ3n) is 5.14. The van der Waals surface area contributed by atoms with Gasteiger partial charge in [-0.3, -0.25) is 9.78 Å². The summed E-state index contributed by atoms with van der Waals surface area (Å²) in [4.78, 5) is 23.2. The van der Waals surface area contributed by atoms with E-state index in [0.29, 0.717) is 18.9 Å². The van der Waals surface area contributed by atoms with Crippen molar-refractivity contribution < 1.29 is 4.79 Å². The number of hydrogen-bond donors (Lipinski definition) is 2. The predicted octanol–water partition coefficient (Wildman–Crippen LogP) is 2.55. The van der Waals surface area contributed by atoms with Crippen molar-refractivity contribution in [3.63, 3.8) is 0 Å². The van der Waals surface area contributed by atoms with Crippen LogP contribution in [0.5, 0.6) is 0 Å². The third-order valence-corrected chi connectivity index (χ3v) is 5.14. The van der Waals surface area contributed by atoms with Crippen molar-refractivity contribution >= 4 is 22.8 Å². The molecule has 6 nitrogen and oxygen atoms in total. The van der Waals surface area contributed by atoms with Crippen LogP contribution in [0.3, 0.4) is 0 Å². The molecule has 2 heterocycles. The molecule has 0 atom stereocenters. The highest BCUT2D eigenvalue weighted by Crippen LogP contribution is 2.21. The number of guanidine groups is 1. The normalized spacial score (nSPS) is 15.8. The van der Waals surface area contributed by atoms with Gasteiger partial charge in [0.25, 0.3) is 0 Å². The van der Waals surface area contributed by atoms with E-state index >= 15 is 0 Å². The van der Waals surface area contributed by atoms with Gasteiger partial charge < -0.3 is 15.5 Å². The number of nitrogens with one attached hydrogen (secondary N) is 2. The number of aliphatic imine (C=N–C) groups is 1. The lowest BCUT2D eigenvalue weighted by atomic mass is 9.93. The summed E-state index contributed by atoms with van der Waals surface area (Å²) >= 11 is 0. The molecule has 0 unspecified atom stereocenters. The van der Waals surface area contributed by atoms with Crippen molar-refractivity contribution in [3.8, 4) is 0 Å². The number of carbonyl (C=O) groups excluding carboxylic acids is 1. The van der Waals surface area contributed by atoms with Gasteiger partial charge in [-0.05, 0) is 43.4 Å². The molecule has 6 heteroatoms. The van der Waals surface area contributed by atoms with Crippen molar-refractivity contribution in [2.45, 2.75) is 32.7 Å². The van der Waals surface area contributed by atoms with Gasteiger partial charge in [-0.1, -0.05) is 18.2 Å². The van der Waals surface area contributed by atoms with Crippen LogP contribution < -0.4 is 10.6 Å². The molecule has 1 fully saturated rings. The van der Waals surface area contributed by atoms with Gasteiger partial charge in [0.1, 0.15) is 0 Å². The number of aromatic nitrogens is 1. The quantitative estimate of drug-likeness (QED) is 0.629. The smallest absolute Gasteiger partial charge is 0.220 e. The molecular weight excluding hydrogens is 338 g/mol. The van der Waals surface area contributed by atoms with E-state index in [4.69, 9.17) is 4.99 Å². The Labute approximate surface area is 161 Å². The van der Waals surface area contributed by atoms with Gasteiger partial charge in [-0.2, -0.15) is 0 Å². The minimum absolute atomic E-state index is 0.138. The Morgan fingerprint density at radius 2 is 2.04 bits per heavy atom. The number of hydrogen-bond acceptors (Lipinski definition) is 3. The van der Waals surface area contributed by atoms with Gasteiger partial charge >= 0.3 is 0 Å². The standard InChI is InChI=1S/C21H29N5O/c1-3-23-21(26-12-9-16(10-13-26)14-20(27)22-2)25-15-17-8-11-24-19-7-5-4-6-18(17)19/h4-8,11,16H,3,9-10,12-15H2,1-2H3,(H,22,27)(H,23,25). The number of amides is 1. The Hall–Kier alpha value is -2.63. The molecule has 144 valence electrons. The SMILES string of the molecule is CCNC(=NCc1ccnc2ccccc12)N1CCC(CC(=O)NC)CC1. The molecule has 2 aromatic rings. The molecule has 0 spiro atoms. The van der Waals surface area contributed by atoms with Gasteiger partial charge in [0.05, 0.1) is 12.1 Å². The van der Waals surface area contributed by atoms with Crippen LogP contribution in [-0.2, 0) is 11.3 Å². The maximum Gasteiger partial charge on any atom is 0.220 e. The lowest BCUT2D eigenvalue weighted by Gasteiger charge is -2.34.